The largest absolute Gasteiger partial charge is 0.472 e. The van der Waals surface area contributed by atoms with Gasteiger partial charge in [-0.05, 0) is 141 Å². The molecule has 0 aromatic heterocycles. The SMILES string of the molecule is CC/C=C\C/C=C\C/C=C\C/C=C\C/C=C\C/C=C\CCCCCCCCCCCCCCC(=O)OCC(O)COP(=O)(O)OCC(O)COP(=O)(O)OCC(COC(=O)CCCCCCCCCCCCC/C=C\C/C=C\C/C=C\C/C=C\C/C=C\CC)OC(=O)CCCCCCC/C=C\CCCCCC. The van der Waals surface area contributed by atoms with Crippen molar-refractivity contribution in [3.63, 3.8) is 0 Å². The Bertz CT molecular complexity index is 2530. The molecule has 0 rings (SSSR count). The third-order valence-corrected chi connectivity index (χ3v) is 19.4. The minimum absolute atomic E-state index is 0.0923. The maximum atomic E-state index is 13.0. The summed E-state index contributed by atoms with van der Waals surface area (Å²) in [6.45, 7) is 2.45. The number of carbonyl (C=O) groups excluding carboxylic acids is 3. The summed E-state index contributed by atoms with van der Waals surface area (Å²) in [6.07, 6.45) is 100. The van der Waals surface area contributed by atoms with Gasteiger partial charge < -0.3 is 34.2 Å². The Morgan fingerprint density at radius 1 is 0.271 bits per heavy atom. The van der Waals surface area contributed by atoms with Crippen molar-refractivity contribution >= 4 is 33.6 Å². The molecule has 0 saturated carbocycles. The fourth-order valence-corrected chi connectivity index (χ4v) is 12.8. The van der Waals surface area contributed by atoms with E-state index in [2.05, 4.69) is 167 Å². The molecule has 0 aliphatic rings. The van der Waals surface area contributed by atoms with E-state index in [-0.39, 0.29) is 19.3 Å². The average molecular weight is 1540 g/mol. The van der Waals surface area contributed by atoms with Crippen molar-refractivity contribution in [2.75, 3.05) is 39.6 Å². The topological polar surface area (TPSA) is 231 Å². The number of rotatable bonds is 79. The quantitative estimate of drug-likeness (QED) is 0.0146. The predicted molar refractivity (Wildman–Crippen MR) is 445 cm³/mol. The van der Waals surface area contributed by atoms with Crippen molar-refractivity contribution in [2.45, 2.75) is 360 Å². The van der Waals surface area contributed by atoms with Gasteiger partial charge in [0.2, 0.25) is 0 Å². The van der Waals surface area contributed by atoms with Gasteiger partial charge in [-0.15, -0.1) is 0 Å². The summed E-state index contributed by atoms with van der Waals surface area (Å²) in [5, 5.41) is 20.7. The van der Waals surface area contributed by atoms with E-state index in [4.69, 9.17) is 32.3 Å². The molecule has 0 amide bonds. The molecule has 16 nitrogen and oxygen atoms in total. The van der Waals surface area contributed by atoms with Gasteiger partial charge in [0.05, 0.1) is 26.4 Å². The van der Waals surface area contributed by atoms with E-state index in [0.717, 1.165) is 167 Å². The standard InChI is InChI=1S/C89H152O16P2/c1-4-7-10-13-16-19-22-25-27-29-31-33-35-37-39-40-41-42-44-46-47-49-51-53-55-58-60-63-66-69-72-75-87(92)99-78-84(90)79-101-106(95,96)102-80-85(91)81-103-107(97,98)104-83-86(105-89(94)77-74-71-68-65-62-57-24-21-18-15-12-9-6-3)82-100-88(93)76-73-70-67-64-61-59-56-54-52-50-48-45-43-38-36-34-32-30-28-26-23-20-17-14-11-8-5-2/h7-8,10-11,16-17,19-21,24-28,31-34,37-39,41-43,84-86,90-91H,4-6,9,12-15,18,22-23,29-30,35-36,40,44-83H2,1-3H3,(H,95,96)(H,97,98)/b10-7-,11-8-,19-16-,20-17-,24-21-,27-25-,28-26-,33-31-,34-32-,39-37-,42-41-,43-38-. The van der Waals surface area contributed by atoms with Crippen LogP contribution in [0.25, 0.3) is 0 Å². The summed E-state index contributed by atoms with van der Waals surface area (Å²) in [6, 6.07) is 0. The Balaban J connectivity index is 4.47. The molecule has 0 bridgehead atoms. The van der Waals surface area contributed by atoms with E-state index in [1.807, 2.05) is 0 Å². The highest BCUT2D eigenvalue weighted by Crippen LogP contribution is 2.45. The van der Waals surface area contributed by atoms with E-state index in [1.54, 1.807) is 0 Å². The lowest BCUT2D eigenvalue weighted by Crippen LogP contribution is -2.30. The molecule has 0 aliphatic carbocycles. The van der Waals surface area contributed by atoms with Gasteiger partial charge in [-0.3, -0.25) is 32.5 Å². The number of carbonyl (C=O) groups is 3. The lowest BCUT2D eigenvalue weighted by Gasteiger charge is -2.21. The molecular weight excluding hydrogens is 1390 g/mol. The summed E-state index contributed by atoms with van der Waals surface area (Å²) in [4.78, 5) is 58.7. The van der Waals surface area contributed by atoms with Crippen LogP contribution in [0.5, 0.6) is 0 Å². The molecule has 4 N–H and O–H groups in total. The summed E-state index contributed by atoms with van der Waals surface area (Å²) >= 11 is 0. The minimum atomic E-state index is -4.94. The molecule has 0 heterocycles. The van der Waals surface area contributed by atoms with Crippen LogP contribution in [0.4, 0.5) is 0 Å². The maximum absolute atomic E-state index is 13.0. The Hall–Kier alpha value is -4.57. The molecule has 0 saturated heterocycles. The number of allylic oxidation sites excluding steroid dienone is 24. The monoisotopic (exact) mass is 1540 g/mol. The summed E-state index contributed by atoms with van der Waals surface area (Å²) in [5.74, 6) is -1.58. The molecule has 0 spiro atoms. The molecule has 5 atom stereocenters. The van der Waals surface area contributed by atoms with Crippen molar-refractivity contribution in [3.8, 4) is 0 Å². The second kappa shape index (κ2) is 80.9. The zero-order chi connectivity index (χ0) is 78.0. The molecule has 0 aromatic rings. The number of phosphoric acid groups is 2. The number of phosphoric ester groups is 2. The number of hydrogen-bond acceptors (Lipinski definition) is 14. The van der Waals surface area contributed by atoms with Crippen molar-refractivity contribution in [1.29, 1.82) is 0 Å². The van der Waals surface area contributed by atoms with Gasteiger partial charge in [-0.25, -0.2) is 9.13 Å². The first-order chi connectivity index (χ1) is 52.2. The minimum Gasteiger partial charge on any atom is -0.463 e. The smallest absolute Gasteiger partial charge is 0.463 e. The first kappa shape index (κ1) is 102. The number of hydrogen-bond donors (Lipinski definition) is 4. The second-order valence-electron chi connectivity index (χ2n) is 27.9. The van der Waals surface area contributed by atoms with Gasteiger partial charge in [-0.2, -0.15) is 0 Å². The van der Waals surface area contributed by atoms with E-state index >= 15 is 0 Å². The van der Waals surface area contributed by atoms with Crippen molar-refractivity contribution in [1.82, 2.24) is 0 Å². The van der Waals surface area contributed by atoms with Crippen molar-refractivity contribution < 1.29 is 75.8 Å². The summed E-state index contributed by atoms with van der Waals surface area (Å²) < 4.78 is 61.2. The number of ether oxygens (including phenoxy) is 3. The van der Waals surface area contributed by atoms with Gasteiger partial charge >= 0.3 is 33.6 Å². The second-order valence-corrected chi connectivity index (χ2v) is 30.8. The van der Waals surface area contributed by atoms with Crippen LogP contribution in [0, 0.1) is 0 Å². The third kappa shape index (κ3) is 82.2. The van der Waals surface area contributed by atoms with E-state index in [0.29, 0.717) is 19.3 Å². The molecular formula is C89H152O16P2. The summed E-state index contributed by atoms with van der Waals surface area (Å²) in [7, 11) is -9.80. The zero-order valence-corrected chi connectivity index (χ0v) is 69.1. The van der Waals surface area contributed by atoms with Crippen molar-refractivity contribution in [2.24, 2.45) is 0 Å². The zero-order valence-electron chi connectivity index (χ0n) is 67.3. The van der Waals surface area contributed by atoms with Crippen LogP contribution in [-0.4, -0.2) is 95.9 Å². The van der Waals surface area contributed by atoms with Gasteiger partial charge in [0, 0.05) is 19.3 Å². The molecule has 0 aliphatic heterocycles. The number of unbranched alkanes of at least 4 members (excludes halogenated alkanes) is 32. The van der Waals surface area contributed by atoms with Crippen LogP contribution in [-0.2, 0) is 55.8 Å². The fourth-order valence-electron chi connectivity index (χ4n) is 11.2. The van der Waals surface area contributed by atoms with Crippen LogP contribution in [0.2, 0.25) is 0 Å². The molecule has 18 heteroatoms. The van der Waals surface area contributed by atoms with E-state index < -0.39 is 91.5 Å². The maximum Gasteiger partial charge on any atom is 0.472 e. The predicted octanol–water partition coefficient (Wildman–Crippen LogP) is 25.2. The number of aliphatic hydroxyl groups excluding tert-OH is 2. The van der Waals surface area contributed by atoms with Crippen LogP contribution in [0.1, 0.15) is 342 Å². The van der Waals surface area contributed by atoms with Crippen LogP contribution >= 0.6 is 15.6 Å². The van der Waals surface area contributed by atoms with Gasteiger partial charge in [0.25, 0.3) is 0 Å². The molecule has 0 fully saturated rings. The molecule has 107 heavy (non-hydrogen) atoms. The van der Waals surface area contributed by atoms with Crippen LogP contribution in [0.15, 0.2) is 146 Å². The lowest BCUT2D eigenvalue weighted by atomic mass is 10.0. The van der Waals surface area contributed by atoms with Crippen LogP contribution < -0.4 is 0 Å². The third-order valence-electron chi connectivity index (χ3n) is 17.5. The highest BCUT2D eigenvalue weighted by Gasteiger charge is 2.29. The summed E-state index contributed by atoms with van der Waals surface area (Å²) in [5.41, 5.74) is 0. The molecule has 0 radical (unpaired) electrons. The first-order valence-electron chi connectivity index (χ1n) is 42.1. The normalized spacial score (nSPS) is 14.6. The first-order valence-corrected chi connectivity index (χ1v) is 45.1. The molecule has 614 valence electrons. The van der Waals surface area contributed by atoms with Crippen LogP contribution in [0.3, 0.4) is 0 Å². The Morgan fingerprint density at radius 2 is 0.495 bits per heavy atom. The Morgan fingerprint density at radius 3 is 0.794 bits per heavy atom. The van der Waals surface area contributed by atoms with E-state index in [9.17, 15) is 43.5 Å². The molecule has 5 unspecified atom stereocenters. The number of esters is 3. The average Bonchev–Trinajstić information content (AvgIpc) is 1.06. The van der Waals surface area contributed by atoms with E-state index in [1.165, 1.54) is 116 Å². The Kier molecular flexibility index (Phi) is 77.5. The fraction of sp³-hybridized carbons (Fsp3) is 0.697. The highest BCUT2D eigenvalue weighted by atomic mass is 31.2. The van der Waals surface area contributed by atoms with Gasteiger partial charge in [-0.1, -0.05) is 327 Å². The van der Waals surface area contributed by atoms with Gasteiger partial charge in [0.1, 0.15) is 25.4 Å². The van der Waals surface area contributed by atoms with Gasteiger partial charge in [0.15, 0.2) is 6.10 Å². The highest BCUT2D eigenvalue weighted by molar-refractivity contribution is 7.47. The lowest BCUT2D eigenvalue weighted by molar-refractivity contribution is -0.161. The molecule has 0 aromatic carbocycles. The van der Waals surface area contributed by atoms with Crippen molar-refractivity contribution in [3.05, 3.63) is 146 Å². The Labute approximate surface area is 651 Å². The number of aliphatic hydroxyl groups is 2.